The molecule has 3 rings (SSSR count). The number of nitrogens with one attached hydrogen (secondary N) is 1. The van der Waals surface area contributed by atoms with Gasteiger partial charge in [0.2, 0.25) is 0 Å². The van der Waals surface area contributed by atoms with E-state index in [9.17, 15) is 4.79 Å². The van der Waals surface area contributed by atoms with E-state index < -0.39 is 5.97 Å². The minimum absolute atomic E-state index is 0.0672. The number of pyridine rings is 1. The minimum Gasteiger partial charge on any atom is -0.476 e. The Hall–Kier alpha value is -2.70. The first-order valence-electron chi connectivity index (χ1n) is 8.11. The quantitative estimate of drug-likeness (QED) is 0.871. The molecular weight excluding hydrogens is 306 g/mol. The molecule has 0 spiro atoms. The van der Waals surface area contributed by atoms with Crippen LogP contribution in [-0.2, 0) is 6.54 Å². The Kier molecular flexibility index (Phi) is 4.88. The molecule has 2 N–H and O–H groups in total. The van der Waals surface area contributed by atoms with Crippen LogP contribution < -0.4 is 10.2 Å². The molecule has 0 aliphatic carbocycles. The Labute approximate surface area is 140 Å². The molecule has 0 unspecified atom stereocenters. The van der Waals surface area contributed by atoms with E-state index in [1.807, 2.05) is 18.3 Å². The number of rotatable bonds is 5. The Balaban J connectivity index is 1.55. The summed E-state index contributed by atoms with van der Waals surface area (Å²) in [4.78, 5) is 25.5. The lowest BCUT2D eigenvalue weighted by Crippen LogP contribution is -2.33. The molecule has 1 fully saturated rings. The number of carboxylic acid groups (broad SMARTS) is 1. The highest BCUT2D eigenvalue weighted by Gasteiger charge is 2.16. The summed E-state index contributed by atoms with van der Waals surface area (Å²) >= 11 is 0. The lowest BCUT2D eigenvalue weighted by Gasteiger charge is -2.31. The smallest absolute Gasteiger partial charge is 0.356 e. The van der Waals surface area contributed by atoms with Gasteiger partial charge in [-0.2, -0.15) is 0 Å². The van der Waals surface area contributed by atoms with E-state index in [1.54, 1.807) is 0 Å². The van der Waals surface area contributed by atoms with Gasteiger partial charge in [-0.3, -0.25) is 0 Å². The summed E-state index contributed by atoms with van der Waals surface area (Å²) < 4.78 is 0. The van der Waals surface area contributed by atoms with E-state index in [4.69, 9.17) is 5.11 Å². The van der Waals surface area contributed by atoms with Crippen LogP contribution in [-0.4, -0.2) is 39.1 Å². The average Bonchev–Trinajstić information content (AvgIpc) is 2.61. The number of nitrogens with zero attached hydrogens (tertiary/aromatic N) is 4. The molecule has 7 heteroatoms. The second-order valence-electron chi connectivity index (χ2n) is 6.14. The number of aromatic carboxylic acids is 1. The molecule has 24 heavy (non-hydrogen) atoms. The third-order valence-electron chi connectivity index (χ3n) is 4.26. The number of hydrogen-bond donors (Lipinski definition) is 2. The van der Waals surface area contributed by atoms with Gasteiger partial charge in [0.05, 0.1) is 12.4 Å². The molecule has 7 nitrogen and oxygen atoms in total. The molecule has 0 aromatic carbocycles. The van der Waals surface area contributed by atoms with Crippen molar-refractivity contribution < 1.29 is 9.90 Å². The van der Waals surface area contributed by atoms with Crippen LogP contribution in [0.1, 0.15) is 35.8 Å². The van der Waals surface area contributed by atoms with Gasteiger partial charge in [-0.1, -0.05) is 13.0 Å². The first-order chi connectivity index (χ1) is 11.6. The van der Waals surface area contributed by atoms with Crippen molar-refractivity contribution >= 4 is 17.6 Å². The summed E-state index contributed by atoms with van der Waals surface area (Å²) in [7, 11) is 0. The summed E-state index contributed by atoms with van der Waals surface area (Å²) in [5, 5.41) is 11.9. The van der Waals surface area contributed by atoms with E-state index >= 15 is 0 Å². The largest absolute Gasteiger partial charge is 0.476 e. The van der Waals surface area contributed by atoms with Crippen molar-refractivity contribution in [3.8, 4) is 0 Å². The van der Waals surface area contributed by atoms with Crippen molar-refractivity contribution in [3.05, 3.63) is 42.0 Å². The maximum absolute atomic E-state index is 10.7. The summed E-state index contributed by atoms with van der Waals surface area (Å²) in [6, 6.07) is 4.10. The van der Waals surface area contributed by atoms with Crippen molar-refractivity contribution in [2.45, 2.75) is 26.3 Å². The first-order valence-corrected chi connectivity index (χ1v) is 8.11. The third-order valence-corrected chi connectivity index (χ3v) is 4.26. The third kappa shape index (κ3) is 3.98. The van der Waals surface area contributed by atoms with Crippen molar-refractivity contribution in [2.24, 2.45) is 5.92 Å². The van der Waals surface area contributed by atoms with Crippen molar-refractivity contribution in [3.63, 3.8) is 0 Å². The van der Waals surface area contributed by atoms with E-state index in [1.165, 1.54) is 25.2 Å². The zero-order valence-electron chi connectivity index (χ0n) is 13.6. The number of carbonyl (C=O) groups is 1. The molecule has 2 aromatic rings. The summed E-state index contributed by atoms with van der Waals surface area (Å²) in [6.45, 7) is 4.99. The predicted molar refractivity (Wildman–Crippen MR) is 91.2 cm³/mol. The van der Waals surface area contributed by atoms with Crippen LogP contribution in [0, 0.1) is 5.92 Å². The monoisotopic (exact) mass is 327 g/mol. The van der Waals surface area contributed by atoms with Crippen LogP contribution in [0.15, 0.2) is 30.7 Å². The average molecular weight is 327 g/mol. The first kappa shape index (κ1) is 16.2. The second-order valence-corrected chi connectivity index (χ2v) is 6.14. The minimum atomic E-state index is -1.08. The number of hydrogen-bond acceptors (Lipinski definition) is 6. The number of aromatic nitrogens is 3. The van der Waals surface area contributed by atoms with Crippen LogP contribution in [0.25, 0.3) is 0 Å². The highest BCUT2D eigenvalue weighted by Crippen LogP contribution is 2.21. The van der Waals surface area contributed by atoms with E-state index in [0.29, 0.717) is 12.4 Å². The van der Waals surface area contributed by atoms with Gasteiger partial charge in [0.1, 0.15) is 11.6 Å². The molecule has 0 radical (unpaired) electrons. The lowest BCUT2D eigenvalue weighted by molar-refractivity contribution is 0.0690. The van der Waals surface area contributed by atoms with Crippen LogP contribution >= 0.6 is 0 Å². The topological polar surface area (TPSA) is 91.2 Å². The number of piperidine rings is 1. The number of carboxylic acids is 1. The standard InChI is InChI=1S/C17H21N5O2/c1-12-4-6-22(7-5-12)16-3-2-13(9-21-16)8-19-15-11-18-14(10-20-15)17(23)24/h2-3,9-12H,4-8H2,1H3,(H,19,20)(H,23,24). The molecule has 1 aliphatic rings. The predicted octanol–water partition coefficient (Wildman–Crippen LogP) is 2.42. The molecule has 0 bridgehead atoms. The summed E-state index contributed by atoms with van der Waals surface area (Å²) in [5.41, 5.74) is 0.968. The second kappa shape index (κ2) is 7.25. The van der Waals surface area contributed by atoms with Gasteiger partial charge < -0.3 is 15.3 Å². The van der Waals surface area contributed by atoms with E-state index in [0.717, 1.165) is 30.4 Å². The van der Waals surface area contributed by atoms with Crippen molar-refractivity contribution in [1.82, 2.24) is 15.0 Å². The SMILES string of the molecule is CC1CCN(c2ccc(CNc3cnc(C(=O)O)cn3)cn2)CC1. The van der Waals surface area contributed by atoms with E-state index in [-0.39, 0.29) is 5.69 Å². The molecule has 1 saturated heterocycles. The van der Waals surface area contributed by atoms with Crippen LogP contribution in [0.4, 0.5) is 11.6 Å². The van der Waals surface area contributed by atoms with Gasteiger partial charge >= 0.3 is 5.97 Å². The highest BCUT2D eigenvalue weighted by molar-refractivity contribution is 5.84. The molecule has 0 saturated carbocycles. The Bertz CT molecular complexity index is 679. The molecule has 1 aliphatic heterocycles. The number of anilines is 2. The molecule has 126 valence electrons. The zero-order chi connectivity index (χ0) is 16.9. The van der Waals surface area contributed by atoms with Crippen LogP contribution in [0.2, 0.25) is 0 Å². The molecule has 0 amide bonds. The molecular formula is C17H21N5O2. The molecule has 2 aromatic heterocycles. The van der Waals surface area contributed by atoms with Crippen LogP contribution in [0.3, 0.4) is 0 Å². The van der Waals surface area contributed by atoms with Crippen LogP contribution in [0.5, 0.6) is 0 Å². The lowest BCUT2D eigenvalue weighted by atomic mass is 9.99. The molecule has 3 heterocycles. The zero-order valence-corrected chi connectivity index (χ0v) is 13.6. The fourth-order valence-electron chi connectivity index (χ4n) is 2.67. The van der Waals surface area contributed by atoms with Crippen molar-refractivity contribution in [1.29, 1.82) is 0 Å². The normalized spacial score (nSPS) is 15.3. The maximum atomic E-state index is 10.7. The fourth-order valence-corrected chi connectivity index (χ4v) is 2.67. The van der Waals surface area contributed by atoms with E-state index in [2.05, 4.69) is 32.1 Å². The van der Waals surface area contributed by atoms with Gasteiger partial charge in [-0.25, -0.2) is 19.7 Å². The Morgan fingerprint density at radius 3 is 2.58 bits per heavy atom. The molecule has 0 atom stereocenters. The maximum Gasteiger partial charge on any atom is 0.356 e. The van der Waals surface area contributed by atoms with Crippen molar-refractivity contribution in [2.75, 3.05) is 23.3 Å². The van der Waals surface area contributed by atoms with Gasteiger partial charge in [0, 0.05) is 25.8 Å². The fraction of sp³-hybridized carbons (Fsp3) is 0.412. The van der Waals surface area contributed by atoms with Gasteiger partial charge in [-0.05, 0) is 30.4 Å². The van der Waals surface area contributed by atoms with Gasteiger partial charge in [-0.15, -0.1) is 0 Å². The Morgan fingerprint density at radius 1 is 1.21 bits per heavy atom. The van der Waals surface area contributed by atoms with Gasteiger partial charge in [0.15, 0.2) is 5.69 Å². The highest BCUT2D eigenvalue weighted by atomic mass is 16.4. The Morgan fingerprint density at radius 2 is 2.00 bits per heavy atom. The summed E-state index contributed by atoms with van der Waals surface area (Å²) in [5.74, 6) is 1.28. The summed E-state index contributed by atoms with van der Waals surface area (Å²) in [6.07, 6.45) is 6.95. The van der Waals surface area contributed by atoms with Gasteiger partial charge in [0.25, 0.3) is 0 Å².